The zero-order chi connectivity index (χ0) is 17.9. The van der Waals surface area contributed by atoms with Crippen molar-refractivity contribution >= 4 is 11.6 Å². The van der Waals surface area contributed by atoms with Crippen molar-refractivity contribution in [3.05, 3.63) is 52.5 Å². The average Bonchev–Trinajstić information content (AvgIpc) is 3.11. The van der Waals surface area contributed by atoms with Crippen LogP contribution in [0.1, 0.15) is 11.1 Å². The van der Waals surface area contributed by atoms with Gasteiger partial charge in [0.1, 0.15) is 0 Å². The number of fused-ring (bicyclic) bond motifs is 1. The van der Waals surface area contributed by atoms with Crippen LogP contribution in [0.4, 0.5) is 0 Å². The Morgan fingerprint density at radius 1 is 0.962 bits per heavy atom. The molecule has 0 atom stereocenters. The van der Waals surface area contributed by atoms with Crippen molar-refractivity contribution in [2.45, 2.75) is 13.1 Å². The van der Waals surface area contributed by atoms with Crippen molar-refractivity contribution in [2.75, 3.05) is 40.1 Å². The molecule has 2 heterocycles. The quantitative estimate of drug-likeness (QED) is 0.801. The molecule has 0 bridgehead atoms. The molecule has 1 fully saturated rings. The van der Waals surface area contributed by atoms with Gasteiger partial charge in [-0.1, -0.05) is 23.7 Å². The molecule has 26 heavy (non-hydrogen) atoms. The molecule has 0 aliphatic carbocycles. The lowest BCUT2D eigenvalue weighted by molar-refractivity contribution is 0.122. The fourth-order valence-electron chi connectivity index (χ4n) is 3.53. The summed E-state index contributed by atoms with van der Waals surface area (Å²) < 4.78 is 16.4. The second-order valence-electron chi connectivity index (χ2n) is 6.71. The lowest BCUT2D eigenvalue weighted by Gasteiger charge is -2.34. The number of benzene rings is 2. The van der Waals surface area contributed by atoms with Crippen molar-refractivity contribution in [1.82, 2.24) is 9.80 Å². The molecule has 0 N–H and O–H groups in total. The van der Waals surface area contributed by atoms with Gasteiger partial charge in [0.25, 0.3) is 0 Å². The topological polar surface area (TPSA) is 34.2 Å². The van der Waals surface area contributed by atoms with Crippen LogP contribution in [0.15, 0.2) is 36.4 Å². The van der Waals surface area contributed by atoms with Crippen LogP contribution in [0.5, 0.6) is 17.2 Å². The van der Waals surface area contributed by atoms with Crippen LogP contribution in [0.25, 0.3) is 0 Å². The molecule has 2 aliphatic heterocycles. The molecule has 0 unspecified atom stereocenters. The highest BCUT2D eigenvalue weighted by Gasteiger charge is 2.22. The largest absolute Gasteiger partial charge is 0.493 e. The van der Waals surface area contributed by atoms with E-state index in [9.17, 15) is 0 Å². The van der Waals surface area contributed by atoms with Crippen molar-refractivity contribution in [3.8, 4) is 17.2 Å². The molecule has 2 aromatic rings. The number of hydrogen-bond donors (Lipinski definition) is 0. The summed E-state index contributed by atoms with van der Waals surface area (Å²) in [7, 11) is 1.66. The average molecular weight is 375 g/mol. The molecular formula is C20H23ClN2O3. The van der Waals surface area contributed by atoms with Crippen LogP contribution in [0, 0.1) is 0 Å². The van der Waals surface area contributed by atoms with Crippen LogP contribution in [0.3, 0.4) is 0 Å². The number of ether oxygens (including phenoxy) is 3. The van der Waals surface area contributed by atoms with Crippen molar-refractivity contribution in [2.24, 2.45) is 0 Å². The molecule has 0 saturated carbocycles. The minimum atomic E-state index is 0.261. The third-order valence-electron chi connectivity index (χ3n) is 4.88. The molecule has 0 amide bonds. The van der Waals surface area contributed by atoms with E-state index in [-0.39, 0.29) is 6.79 Å². The molecule has 1 saturated heterocycles. The first-order valence-corrected chi connectivity index (χ1v) is 9.25. The number of rotatable bonds is 5. The first-order valence-electron chi connectivity index (χ1n) is 8.87. The molecule has 4 rings (SSSR count). The van der Waals surface area contributed by atoms with Gasteiger partial charge >= 0.3 is 0 Å². The molecule has 0 radical (unpaired) electrons. The maximum atomic E-state index is 6.08. The summed E-state index contributed by atoms with van der Waals surface area (Å²) in [6.07, 6.45) is 0. The summed E-state index contributed by atoms with van der Waals surface area (Å²) in [5.41, 5.74) is 2.46. The Kier molecular flexibility index (Phi) is 5.20. The molecule has 2 aliphatic rings. The highest BCUT2D eigenvalue weighted by Crippen LogP contribution is 2.42. The first kappa shape index (κ1) is 17.5. The number of hydrogen-bond acceptors (Lipinski definition) is 5. The van der Waals surface area contributed by atoms with Gasteiger partial charge in [0.05, 0.1) is 7.11 Å². The predicted octanol–water partition coefficient (Wildman–Crippen LogP) is 3.40. The van der Waals surface area contributed by atoms with Crippen molar-refractivity contribution < 1.29 is 14.2 Å². The van der Waals surface area contributed by atoms with Gasteiger partial charge in [-0.3, -0.25) is 9.80 Å². The first-order chi connectivity index (χ1) is 12.7. The number of piperazine rings is 1. The van der Waals surface area contributed by atoms with E-state index in [1.807, 2.05) is 24.3 Å². The minimum absolute atomic E-state index is 0.261. The van der Waals surface area contributed by atoms with Gasteiger partial charge in [0, 0.05) is 44.3 Å². The third kappa shape index (κ3) is 3.90. The van der Waals surface area contributed by atoms with Crippen LogP contribution in [-0.4, -0.2) is 49.9 Å². The van der Waals surface area contributed by atoms with E-state index in [2.05, 4.69) is 21.9 Å². The van der Waals surface area contributed by atoms with Gasteiger partial charge in [-0.05, 0) is 35.4 Å². The molecule has 6 heteroatoms. The van der Waals surface area contributed by atoms with Crippen molar-refractivity contribution in [3.63, 3.8) is 0 Å². The summed E-state index contributed by atoms with van der Waals surface area (Å²) in [6.45, 7) is 6.28. The number of methoxy groups -OCH3 is 1. The number of nitrogens with zero attached hydrogens (tertiary/aromatic N) is 2. The predicted molar refractivity (Wildman–Crippen MR) is 101 cm³/mol. The van der Waals surface area contributed by atoms with Crippen molar-refractivity contribution in [1.29, 1.82) is 0 Å². The summed E-state index contributed by atoms with van der Waals surface area (Å²) in [5.74, 6) is 2.23. The fourth-order valence-corrected chi connectivity index (χ4v) is 3.75. The van der Waals surface area contributed by atoms with Gasteiger partial charge in [-0.25, -0.2) is 0 Å². The third-order valence-corrected chi connectivity index (χ3v) is 5.12. The van der Waals surface area contributed by atoms with E-state index in [1.165, 1.54) is 11.1 Å². The molecule has 5 nitrogen and oxygen atoms in total. The molecule has 138 valence electrons. The van der Waals surface area contributed by atoms with E-state index < -0.39 is 0 Å². The zero-order valence-corrected chi connectivity index (χ0v) is 15.7. The summed E-state index contributed by atoms with van der Waals surface area (Å²) in [6, 6.07) is 12.2. The second-order valence-corrected chi connectivity index (χ2v) is 7.15. The summed E-state index contributed by atoms with van der Waals surface area (Å²) in [4.78, 5) is 4.94. The molecule has 0 spiro atoms. The highest BCUT2D eigenvalue weighted by atomic mass is 35.5. The van der Waals surface area contributed by atoms with E-state index >= 15 is 0 Å². The number of halogens is 1. The van der Waals surface area contributed by atoms with Crippen LogP contribution >= 0.6 is 11.6 Å². The Bertz CT molecular complexity index is 776. The SMILES string of the molecule is COc1cc(CN2CCN(Cc3cccc(Cl)c3)CC2)cc2c1OCO2. The normalized spacial score (nSPS) is 17.5. The molecule has 0 aromatic heterocycles. The second kappa shape index (κ2) is 7.74. The van der Waals surface area contributed by atoms with Crippen LogP contribution in [0.2, 0.25) is 5.02 Å². The fraction of sp³-hybridized carbons (Fsp3) is 0.400. The lowest BCUT2D eigenvalue weighted by atomic mass is 10.1. The zero-order valence-electron chi connectivity index (χ0n) is 14.9. The van der Waals surface area contributed by atoms with E-state index in [0.717, 1.165) is 55.8 Å². The Hall–Kier alpha value is -1.95. The van der Waals surface area contributed by atoms with Gasteiger partial charge < -0.3 is 14.2 Å². The summed E-state index contributed by atoms with van der Waals surface area (Å²) >= 11 is 6.08. The molecular weight excluding hydrogens is 352 g/mol. The Morgan fingerprint density at radius 3 is 2.38 bits per heavy atom. The maximum Gasteiger partial charge on any atom is 0.231 e. The molecule has 2 aromatic carbocycles. The van der Waals surface area contributed by atoms with E-state index in [4.69, 9.17) is 25.8 Å². The van der Waals surface area contributed by atoms with Crippen LogP contribution < -0.4 is 14.2 Å². The van der Waals surface area contributed by atoms with E-state index in [1.54, 1.807) is 7.11 Å². The lowest BCUT2D eigenvalue weighted by Crippen LogP contribution is -2.45. The van der Waals surface area contributed by atoms with Gasteiger partial charge in [0.15, 0.2) is 11.5 Å². The minimum Gasteiger partial charge on any atom is -0.493 e. The Morgan fingerprint density at radius 2 is 1.69 bits per heavy atom. The van der Waals surface area contributed by atoms with E-state index in [0.29, 0.717) is 5.75 Å². The summed E-state index contributed by atoms with van der Waals surface area (Å²) in [5, 5.41) is 0.804. The smallest absolute Gasteiger partial charge is 0.231 e. The van der Waals surface area contributed by atoms with Gasteiger partial charge in [0.2, 0.25) is 12.5 Å². The standard InChI is InChI=1S/C20H23ClN2O3/c1-24-18-10-16(11-19-20(18)26-14-25-19)13-23-7-5-22(6-8-23)12-15-3-2-4-17(21)9-15/h2-4,9-11H,5-8,12-14H2,1H3. The van der Waals surface area contributed by atoms with Gasteiger partial charge in [-0.15, -0.1) is 0 Å². The van der Waals surface area contributed by atoms with Crippen LogP contribution in [-0.2, 0) is 13.1 Å². The maximum absolute atomic E-state index is 6.08. The Labute approximate surface area is 159 Å². The Balaban J connectivity index is 1.34. The highest BCUT2D eigenvalue weighted by molar-refractivity contribution is 6.30. The monoisotopic (exact) mass is 374 g/mol. The van der Waals surface area contributed by atoms with Gasteiger partial charge in [-0.2, -0.15) is 0 Å².